The molecule has 0 aromatic rings. The van der Waals surface area contributed by atoms with E-state index >= 15 is 0 Å². The molecule has 8 nitrogen and oxygen atoms in total. The largest absolute Gasteiger partial charge is 0.463 e. The molecule has 170 valence electrons. The lowest BCUT2D eigenvalue weighted by Gasteiger charge is -2.31. The summed E-state index contributed by atoms with van der Waals surface area (Å²) >= 11 is 0. The molecule has 8 heteroatoms. The minimum Gasteiger partial charge on any atom is -0.463 e. The molecule has 0 aromatic carbocycles. The van der Waals surface area contributed by atoms with Crippen molar-refractivity contribution in [3.63, 3.8) is 0 Å². The van der Waals surface area contributed by atoms with Crippen molar-refractivity contribution < 1.29 is 29.0 Å². The predicted molar refractivity (Wildman–Crippen MR) is 112 cm³/mol. The van der Waals surface area contributed by atoms with Gasteiger partial charge in [0.25, 0.3) is 0 Å². The summed E-state index contributed by atoms with van der Waals surface area (Å²) in [5.41, 5.74) is -0.520. The monoisotopic (exact) mass is 424 g/mol. The van der Waals surface area contributed by atoms with E-state index < -0.39 is 11.5 Å². The van der Waals surface area contributed by atoms with Crippen LogP contribution < -0.4 is 10.6 Å². The zero-order valence-electron chi connectivity index (χ0n) is 17.8. The highest BCUT2D eigenvalue weighted by Gasteiger charge is 2.38. The van der Waals surface area contributed by atoms with Crippen LogP contribution in [0.3, 0.4) is 0 Å². The molecule has 2 rings (SSSR count). The summed E-state index contributed by atoms with van der Waals surface area (Å²) in [6, 6.07) is 0. The van der Waals surface area contributed by atoms with Gasteiger partial charge in [0.1, 0.15) is 6.61 Å². The molecule has 1 spiro atoms. The van der Waals surface area contributed by atoms with Gasteiger partial charge in [0.15, 0.2) is 0 Å². The van der Waals surface area contributed by atoms with Crippen LogP contribution >= 0.6 is 0 Å². The predicted octanol–water partition coefficient (Wildman–Crippen LogP) is 1.61. The van der Waals surface area contributed by atoms with Crippen LogP contribution in [-0.2, 0) is 23.9 Å². The molecular weight excluding hydrogens is 388 g/mol. The highest BCUT2D eigenvalue weighted by atomic mass is 16.5. The Morgan fingerprint density at radius 1 is 1.20 bits per heavy atom. The first-order valence-corrected chi connectivity index (χ1v) is 11.1. The van der Waals surface area contributed by atoms with E-state index in [4.69, 9.17) is 14.6 Å². The highest BCUT2D eigenvalue weighted by Crippen LogP contribution is 2.31. The lowest BCUT2D eigenvalue weighted by Crippen LogP contribution is -2.52. The van der Waals surface area contributed by atoms with Crippen LogP contribution in [0.5, 0.6) is 0 Å². The van der Waals surface area contributed by atoms with Gasteiger partial charge >= 0.3 is 5.97 Å². The summed E-state index contributed by atoms with van der Waals surface area (Å²) in [7, 11) is 0. The zero-order chi connectivity index (χ0) is 21.7. The molecule has 3 N–H and O–H groups in total. The van der Waals surface area contributed by atoms with E-state index in [-0.39, 0.29) is 44.0 Å². The van der Waals surface area contributed by atoms with E-state index in [2.05, 4.69) is 10.6 Å². The third-order valence-corrected chi connectivity index (χ3v) is 5.65. The normalized spacial score (nSPS) is 22.9. The maximum absolute atomic E-state index is 13.1. The van der Waals surface area contributed by atoms with Gasteiger partial charge in [0.05, 0.1) is 31.3 Å². The molecule has 1 fully saturated rings. The van der Waals surface area contributed by atoms with E-state index in [1.54, 1.807) is 0 Å². The molecule has 1 aliphatic carbocycles. The number of carbonyl (C=O) groups excluding carboxylic acids is 3. The van der Waals surface area contributed by atoms with E-state index in [9.17, 15) is 14.4 Å². The zero-order valence-corrected chi connectivity index (χ0v) is 17.8. The average Bonchev–Trinajstić information content (AvgIpc) is 3.18. The number of cyclic esters (lactones) is 1. The van der Waals surface area contributed by atoms with Crippen molar-refractivity contribution in [1.29, 1.82) is 0 Å². The second-order valence-electron chi connectivity index (χ2n) is 8.18. The third kappa shape index (κ3) is 8.83. The Morgan fingerprint density at radius 3 is 2.77 bits per heavy atom. The van der Waals surface area contributed by atoms with Crippen molar-refractivity contribution in [2.24, 2.45) is 5.92 Å². The number of esters is 1. The maximum Gasteiger partial charge on any atom is 0.305 e. The van der Waals surface area contributed by atoms with Crippen molar-refractivity contribution in [3.8, 4) is 0 Å². The van der Waals surface area contributed by atoms with Crippen molar-refractivity contribution >= 4 is 17.8 Å². The number of ether oxygens (including phenoxy) is 2. The fraction of sp³-hybridized carbons (Fsp3) is 0.773. The van der Waals surface area contributed by atoms with Gasteiger partial charge in [-0.3, -0.25) is 14.4 Å². The fourth-order valence-electron chi connectivity index (χ4n) is 3.93. The Labute approximate surface area is 178 Å². The number of carbonyl (C=O) groups is 3. The lowest BCUT2D eigenvalue weighted by atomic mass is 9.94. The molecule has 1 saturated carbocycles. The topological polar surface area (TPSA) is 114 Å². The maximum atomic E-state index is 13.1. The van der Waals surface area contributed by atoms with E-state index in [1.165, 1.54) is 0 Å². The fourth-order valence-corrected chi connectivity index (χ4v) is 3.93. The van der Waals surface area contributed by atoms with Gasteiger partial charge in [-0.25, -0.2) is 0 Å². The highest BCUT2D eigenvalue weighted by molar-refractivity contribution is 5.86. The molecule has 2 aliphatic rings. The Bertz CT molecular complexity index is 586. The minimum atomic E-state index is -0.520. The number of amides is 2. The van der Waals surface area contributed by atoms with Gasteiger partial charge in [-0.2, -0.15) is 0 Å². The first-order valence-electron chi connectivity index (χ1n) is 11.1. The number of aliphatic hydroxyl groups excluding tert-OH is 1. The number of hydrogen-bond donors (Lipinski definition) is 3. The Morgan fingerprint density at radius 2 is 2.00 bits per heavy atom. The van der Waals surface area contributed by atoms with Gasteiger partial charge in [-0.05, 0) is 38.5 Å². The Balaban J connectivity index is 1.98. The van der Waals surface area contributed by atoms with Crippen molar-refractivity contribution in [3.05, 3.63) is 12.2 Å². The average molecular weight is 425 g/mol. The number of hydrogen-bond acceptors (Lipinski definition) is 6. The minimum absolute atomic E-state index is 0.0560. The lowest BCUT2D eigenvalue weighted by molar-refractivity contribution is -0.147. The van der Waals surface area contributed by atoms with Crippen molar-refractivity contribution in [2.75, 3.05) is 33.0 Å². The molecule has 1 atom stereocenters. The molecule has 0 unspecified atom stereocenters. The van der Waals surface area contributed by atoms with Gasteiger partial charge in [0.2, 0.25) is 11.8 Å². The molecule has 0 radical (unpaired) electrons. The van der Waals surface area contributed by atoms with E-state index in [0.717, 1.165) is 44.9 Å². The number of aliphatic hydroxyl groups is 1. The van der Waals surface area contributed by atoms with Crippen molar-refractivity contribution in [2.45, 2.75) is 69.7 Å². The first kappa shape index (κ1) is 24.3. The SMILES string of the molecule is O=C(C[C@H]1CC=CCCCCC(=O)OCC2(CCCC2)NC1=O)NCCOCCO. The van der Waals surface area contributed by atoms with Crippen LogP contribution in [0, 0.1) is 5.92 Å². The molecule has 0 bridgehead atoms. The van der Waals surface area contributed by atoms with Crippen molar-refractivity contribution in [1.82, 2.24) is 10.6 Å². The van der Waals surface area contributed by atoms with Gasteiger partial charge in [-0.15, -0.1) is 0 Å². The molecule has 30 heavy (non-hydrogen) atoms. The third-order valence-electron chi connectivity index (χ3n) is 5.65. The van der Waals surface area contributed by atoms with Crippen LogP contribution in [-0.4, -0.2) is 61.4 Å². The molecule has 2 amide bonds. The summed E-state index contributed by atoms with van der Waals surface area (Å²) in [6.07, 6.45) is 11.0. The number of rotatable bonds is 7. The molecular formula is C22H36N2O6. The summed E-state index contributed by atoms with van der Waals surface area (Å²) < 4.78 is 10.6. The van der Waals surface area contributed by atoms with Crippen LogP contribution in [0.15, 0.2) is 12.2 Å². The number of allylic oxidation sites excluding steroid dienone is 2. The summed E-state index contributed by atoms with van der Waals surface area (Å²) in [6.45, 7) is 1.03. The van der Waals surface area contributed by atoms with Crippen LogP contribution in [0.25, 0.3) is 0 Å². The van der Waals surface area contributed by atoms with E-state index in [0.29, 0.717) is 26.0 Å². The van der Waals surface area contributed by atoms with Gasteiger partial charge < -0.3 is 25.2 Å². The van der Waals surface area contributed by atoms with Crippen LogP contribution in [0.2, 0.25) is 0 Å². The van der Waals surface area contributed by atoms with Crippen LogP contribution in [0.1, 0.15) is 64.2 Å². The Hall–Kier alpha value is -1.93. The summed E-state index contributed by atoms with van der Waals surface area (Å²) in [5.74, 6) is -1.06. The summed E-state index contributed by atoms with van der Waals surface area (Å²) in [5, 5.41) is 14.6. The summed E-state index contributed by atoms with van der Waals surface area (Å²) in [4.78, 5) is 37.4. The molecule has 0 aromatic heterocycles. The second-order valence-corrected chi connectivity index (χ2v) is 8.18. The second kappa shape index (κ2) is 13.4. The Kier molecular flexibility index (Phi) is 10.9. The van der Waals surface area contributed by atoms with E-state index in [1.807, 2.05) is 12.2 Å². The molecule has 1 aliphatic heterocycles. The number of nitrogens with one attached hydrogen (secondary N) is 2. The molecule has 1 heterocycles. The smallest absolute Gasteiger partial charge is 0.305 e. The quantitative estimate of drug-likeness (QED) is 0.325. The first-order chi connectivity index (χ1) is 14.5. The van der Waals surface area contributed by atoms with Gasteiger partial charge in [-0.1, -0.05) is 25.0 Å². The standard InChI is InChI=1S/C22H36N2O6/c25-13-15-29-14-12-23-19(26)16-18-8-4-2-1-3-5-9-20(27)30-17-22(24-21(18)28)10-6-7-11-22/h2,4,18,25H,1,3,5-17H2,(H,23,26)(H,24,28)/t18-/m1/s1. The van der Waals surface area contributed by atoms with Gasteiger partial charge in [0, 0.05) is 19.4 Å². The molecule has 0 saturated heterocycles. The van der Waals surface area contributed by atoms with Crippen LogP contribution in [0.4, 0.5) is 0 Å².